The summed E-state index contributed by atoms with van der Waals surface area (Å²) >= 11 is 1.61. The number of aryl methyl sites for hydroxylation is 2. The average Bonchev–Trinajstić information content (AvgIpc) is 3.46. The zero-order valence-electron chi connectivity index (χ0n) is 19.0. The molecule has 1 N–H and O–H groups in total. The van der Waals surface area contributed by atoms with Gasteiger partial charge in [-0.05, 0) is 24.6 Å². The van der Waals surface area contributed by atoms with E-state index in [0.717, 1.165) is 38.7 Å². The van der Waals surface area contributed by atoms with E-state index in [2.05, 4.69) is 15.2 Å². The largest absolute Gasteiger partial charge is 0.378 e. The highest BCUT2D eigenvalue weighted by Crippen LogP contribution is 2.31. The molecule has 12 heteroatoms. The topological polar surface area (TPSA) is 116 Å². The molecule has 34 heavy (non-hydrogen) atoms. The van der Waals surface area contributed by atoms with Crippen molar-refractivity contribution in [3.63, 3.8) is 0 Å². The van der Waals surface area contributed by atoms with Crippen LogP contribution in [0.2, 0.25) is 0 Å². The van der Waals surface area contributed by atoms with Gasteiger partial charge in [-0.15, -0.1) is 0 Å². The number of benzene rings is 1. The molecular formula is C22H25N7O4S. The van der Waals surface area contributed by atoms with E-state index in [4.69, 9.17) is 9.72 Å². The Hall–Kier alpha value is -3.51. The number of nitrogens with one attached hydrogen (secondary N) is 1. The third kappa shape index (κ3) is 4.10. The number of carbonyl (C=O) groups is 1. The Bertz CT molecular complexity index is 1490. The SMILES string of the molecule is Cn1c(=O)c2c(ncn2CCCC(=O)Nc2ccc3nc(N4CCOCC4)sc3c2)n(C)c1=O. The number of nitrogens with zero attached hydrogens (tertiary/aromatic N) is 6. The molecule has 0 unspecified atom stereocenters. The third-order valence-electron chi connectivity index (χ3n) is 5.96. The predicted octanol–water partition coefficient (Wildman–Crippen LogP) is 1.30. The van der Waals surface area contributed by atoms with Gasteiger partial charge in [0, 0.05) is 45.8 Å². The van der Waals surface area contributed by atoms with E-state index >= 15 is 0 Å². The van der Waals surface area contributed by atoms with Crippen LogP contribution in [0.4, 0.5) is 10.8 Å². The lowest BCUT2D eigenvalue weighted by atomic mass is 10.2. The van der Waals surface area contributed by atoms with Crippen LogP contribution in [0.3, 0.4) is 0 Å². The van der Waals surface area contributed by atoms with Crippen molar-refractivity contribution in [1.82, 2.24) is 23.7 Å². The maximum atomic E-state index is 12.5. The number of anilines is 2. The monoisotopic (exact) mass is 483 g/mol. The standard InChI is InChI=1S/C22H25N7O4S/c1-26-19-18(20(31)27(2)22(26)32)29(13-23-19)7-3-4-17(30)24-14-5-6-15-16(12-14)34-21(25-15)28-8-10-33-11-9-28/h5-6,12-13H,3-4,7-11H2,1-2H3,(H,24,30). The van der Waals surface area contributed by atoms with E-state index in [1.54, 1.807) is 23.0 Å². The summed E-state index contributed by atoms with van der Waals surface area (Å²) in [5.74, 6) is -0.109. The molecule has 11 nitrogen and oxygen atoms in total. The number of hydrogen-bond donors (Lipinski definition) is 1. The summed E-state index contributed by atoms with van der Waals surface area (Å²) in [6.45, 7) is 3.52. The number of morpholine rings is 1. The first-order valence-electron chi connectivity index (χ1n) is 11.1. The van der Waals surface area contributed by atoms with Crippen LogP contribution in [0.25, 0.3) is 21.4 Å². The summed E-state index contributed by atoms with van der Waals surface area (Å²) in [5, 5.41) is 3.92. The van der Waals surface area contributed by atoms with Gasteiger partial charge in [-0.25, -0.2) is 14.8 Å². The molecular weight excluding hydrogens is 458 g/mol. The van der Waals surface area contributed by atoms with Crippen molar-refractivity contribution in [2.75, 3.05) is 36.5 Å². The van der Waals surface area contributed by atoms with Gasteiger partial charge in [-0.3, -0.25) is 18.7 Å². The van der Waals surface area contributed by atoms with E-state index in [1.807, 2.05) is 18.2 Å². The fourth-order valence-electron chi connectivity index (χ4n) is 4.08. The zero-order chi connectivity index (χ0) is 23.8. The lowest BCUT2D eigenvalue weighted by Gasteiger charge is -2.25. The summed E-state index contributed by atoms with van der Waals surface area (Å²) < 4.78 is 10.5. The molecule has 4 aromatic rings. The highest BCUT2D eigenvalue weighted by Gasteiger charge is 2.16. The van der Waals surface area contributed by atoms with E-state index in [1.165, 1.54) is 17.9 Å². The van der Waals surface area contributed by atoms with Crippen molar-refractivity contribution >= 4 is 49.4 Å². The Labute approximate surface area is 198 Å². The maximum absolute atomic E-state index is 12.5. The fraction of sp³-hybridized carbons (Fsp3) is 0.409. The van der Waals surface area contributed by atoms with Crippen LogP contribution in [0.5, 0.6) is 0 Å². The van der Waals surface area contributed by atoms with E-state index in [-0.39, 0.29) is 12.3 Å². The van der Waals surface area contributed by atoms with Gasteiger partial charge in [0.2, 0.25) is 5.91 Å². The number of ether oxygens (including phenoxy) is 1. The highest BCUT2D eigenvalue weighted by molar-refractivity contribution is 7.22. The Morgan fingerprint density at radius 2 is 1.97 bits per heavy atom. The van der Waals surface area contributed by atoms with Gasteiger partial charge in [0.15, 0.2) is 16.3 Å². The zero-order valence-corrected chi connectivity index (χ0v) is 19.8. The van der Waals surface area contributed by atoms with Crippen molar-refractivity contribution in [1.29, 1.82) is 0 Å². The van der Waals surface area contributed by atoms with Crippen LogP contribution >= 0.6 is 11.3 Å². The molecule has 5 rings (SSSR count). The molecule has 0 atom stereocenters. The van der Waals surface area contributed by atoms with Crippen molar-refractivity contribution in [2.24, 2.45) is 14.1 Å². The minimum Gasteiger partial charge on any atom is -0.378 e. The van der Waals surface area contributed by atoms with Crippen LogP contribution in [0, 0.1) is 0 Å². The molecule has 0 spiro atoms. The van der Waals surface area contributed by atoms with Gasteiger partial charge in [0.1, 0.15) is 0 Å². The minimum absolute atomic E-state index is 0.109. The molecule has 178 valence electrons. The van der Waals surface area contributed by atoms with Gasteiger partial charge in [0.05, 0.1) is 29.8 Å². The van der Waals surface area contributed by atoms with E-state index in [9.17, 15) is 14.4 Å². The number of thiazole rings is 1. The van der Waals surface area contributed by atoms with Crippen LogP contribution in [0.1, 0.15) is 12.8 Å². The molecule has 0 radical (unpaired) electrons. The molecule has 0 bridgehead atoms. The van der Waals surface area contributed by atoms with Crippen molar-refractivity contribution in [3.05, 3.63) is 45.4 Å². The molecule has 3 aromatic heterocycles. The Morgan fingerprint density at radius 3 is 2.76 bits per heavy atom. The van der Waals surface area contributed by atoms with Crippen LogP contribution in [0.15, 0.2) is 34.1 Å². The van der Waals surface area contributed by atoms with Gasteiger partial charge in [-0.1, -0.05) is 11.3 Å². The number of imidazole rings is 1. The Balaban J connectivity index is 1.23. The van der Waals surface area contributed by atoms with Gasteiger partial charge >= 0.3 is 5.69 Å². The first-order valence-corrected chi connectivity index (χ1v) is 11.9. The highest BCUT2D eigenvalue weighted by atomic mass is 32.1. The van der Waals surface area contributed by atoms with Crippen LogP contribution in [-0.4, -0.2) is 55.9 Å². The number of hydrogen-bond acceptors (Lipinski definition) is 8. The normalized spacial score (nSPS) is 14.2. The van der Waals surface area contributed by atoms with Crippen molar-refractivity contribution < 1.29 is 9.53 Å². The molecule has 1 aliphatic heterocycles. The maximum Gasteiger partial charge on any atom is 0.332 e. The lowest BCUT2D eigenvalue weighted by molar-refractivity contribution is -0.116. The van der Waals surface area contributed by atoms with Gasteiger partial charge in [-0.2, -0.15) is 0 Å². The molecule has 1 aromatic carbocycles. The van der Waals surface area contributed by atoms with Gasteiger partial charge in [0.25, 0.3) is 5.56 Å². The molecule has 0 saturated carbocycles. The summed E-state index contributed by atoms with van der Waals surface area (Å²) in [7, 11) is 3.03. The second kappa shape index (κ2) is 9.03. The van der Waals surface area contributed by atoms with Crippen molar-refractivity contribution in [2.45, 2.75) is 19.4 Å². The third-order valence-corrected chi connectivity index (χ3v) is 7.04. The Morgan fingerprint density at radius 1 is 1.18 bits per heavy atom. The Kier molecular flexibility index (Phi) is 5.92. The first kappa shape index (κ1) is 22.3. The average molecular weight is 484 g/mol. The number of carbonyl (C=O) groups excluding carboxylic acids is 1. The molecule has 1 fully saturated rings. The summed E-state index contributed by atoms with van der Waals surface area (Å²) in [6, 6.07) is 5.72. The summed E-state index contributed by atoms with van der Waals surface area (Å²) in [6.07, 6.45) is 2.34. The number of amides is 1. The number of rotatable bonds is 6. The van der Waals surface area contributed by atoms with Crippen LogP contribution < -0.4 is 21.5 Å². The van der Waals surface area contributed by atoms with E-state index < -0.39 is 11.2 Å². The minimum atomic E-state index is -0.419. The van der Waals surface area contributed by atoms with Gasteiger partial charge < -0.3 is 19.5 Å². The predicted molar refractivity (Wildman–Crippen MR) is 131 cm³/mol. The smallest absolute Gasteiger partial charge is 0.332 e. The second-order valence-electron chi connectivity index (χ2n) is 8.25. The summed E-state index contributed by atoms with van der Waals surface area (Å²) in [5.41, 5.74) is 1.52. The molecule has 4 heterocycles. The molecule has 1 aliphatic rings. The molecule has 1 amide bonds. The lowest BCUT2D eigenvalue weighted by Crippen LogP contribution is -2.37. The van der Waals surface area contributed by atoms with Crippen molar-refractivity contribution in [3.8, 4) is 0 Å². The molecule has 0 aliphatic carbocycles. The fourth-order valence-corrected chi connectivity index (χ4v) is 5.14. The second-order valence-corrected chi connectivity index (χ2v) is 9.26. The number of fused-ring (bicyclic) bond motifs is 2. The number of aromatic nitrogens is 5. The van der Waals surface area contributed by atoms with E-state index in [0.29, 0.717) is 37.3 Å². The van der Waals surface area contributed by atoms with Crippen LogP contribution in [-0.2, 0) is 30.2 Å². The quantitative estimate of drug-likeness (QED) is 0.439. The first-order chi connectivity index (χ1) is 16.4. The summed E-state index contributed by atoms with van der Waals surface area (Å²) in [4.78, 5) is 48.3. The molecule has 1 saturated heterocycles.